The molecule has 0 bridgehead atoms. The van der Waals surface area contributed by atoms with E-state index in [4.69, 9.17) is 17.3 Å². The van der Waals surface area contributed by atoms with Crippen molar-refractivity contribution in [2.45, 2.75) is 6.54 Å². The van der Waals surface area contributed by atoms with Crippen molar-refractivity contribution in [1.29, 1.82) is 0 Å². The summed E-state index contributed by atoms with van der Waals surface area (Å²) in [4.78, 5) is 9.38. The van der Waals surface area contributed by atoms with Crippen LogP contribution in [0, 0.1) is 0 Å². The SMILES string of the molecule is NCc1cnc(-c2ncc(Cl)s2)s1. The molecule has 0 unspecified atom stereocenters. The third-order valence-electron chi connectivity index (χ3n) is 1.42. The Kier molecular flexibility index (Phi) is 2.59. The molecule has 68 valence electrons. The summed E-state index contributed by atoms with van der Waals surface area (Å²) < 4.78 is 0.680. The van der Waals surface area contributed by atoms with E-state index < -0.39 is 0 Å². The zero-order chi connectivity index (χ0) is 9.26. The topological polar surface area (TPSA) is 51.8 Å². The van der Waals surface area contributed by atoms with E-state index >= 15 is 0 Å². The van der Waals surface area contributed by atoms with E-state index in [2.05, 4.69) is 9.97 Å². The molecule has 0 spiro atoms. The van der Waals surface area contributed by atoms with E-state index in [0.717, 1.165) is 14.9 Å². The second-order valence-corrected chi connectivity index (χ2v) is 5.08. The van der Waals surface area contributed by atoms with Crippen molar-refractivity contribution < 1.29 is 0 Å². The zero-order valence-electron chi connectivity index (χ0n) is 6.53. The molecule has 0 aliphatic carbocycles. The molecule has 2 aromatic rings. The van der Waals surface area contributed by atoms with Gasteiger partial charge < -0.3 is 5.73 Å². The Bertz CT molecular complexity index is 409. The molecular formula is C7H6ClN3S2. The van der Waals surface area contributed by atoms with Gasteiger partial charge in [0.1, 0.15) is 4.34 Å². The van der Waals surface area contributed by atoms with Gasteiger partial charge in [0.2, 0.25) is 0 Å². The smallest absolute Gasteiger partial charge is 0.153 e. The zero-order valence-corrected chi connectivity index (χ0v) is 8.92. The minimum atomic E-state index is 0.525. The lowest BCUT2D eigenvalue weighted by atomic mass is 10.6. The number of thiazole rings is 2. The van der Waals surface area contributed by atoms with Crippen LogP contribution in [0.15, 0.2) is 12.4 Å². The van der Waals surface area contributed by atoms with E-state index in [0.29, 0.717) is 10.9 Å². The average Bonchev–Trinajstić information content (AvgIpc) is 2.71. The Morgan fingerprint density at radius 2 is 1.92 bits per heavy atom. The van der Waals surface area contributed by atoms with Gasteiger partial charge in [-0.25, -0.2) is 9.97 Å². The molecule has 2 N–H and O–H groups in total. The number of aromatic nitrogens is 2. The van der Waals surface area contributed by atoms with E-state index in [1.54, 1.807) is 23.7 Å². The van der Waals surface area contributed by atoms with Crippen LogP contribution in [0.5, 0.6) is 0 Å². The monoisotopic (exact) mass is 231 g/mol. The first kappa shape index (κ1) is 9.08. The highest BCUT2D eigenvalue weighted by Crippen LogP contribution is 2.30. The molecule has 6 heteroatoms. The fraction of sp³-hybridized carbons (Fsp3) is 0.143. The Morgan fingerprint density at radius 1 is 1.23 bits per heavy atom. The van der Waals surface area contributed by atoms with Gasteiger partial charge in [-0.1, -0.05) is 22.9 Å². The van der Waals surface area contributed by atoms with Crippen molar-refractivity contribution >= 4 is 34.3 Å². The minimum absolute atomic E-state index is 0.525. The summed E-state index contributed by atoms with van der Waals surface area (Å²) in [6, 6.07) is 0. The second kappa shape index (κ2) is 3.71. The van der Waals surface area contributed by atoms with Crippen LogP contribution in [0.3, 0.4) is 0 Å². The van der Waals surface area contributed by atoms with Crippen molar-refractivity contribution in [3.63, 3.8) is 0 Å². The van der Waals surface area contributed by atoms with Crippen LogP contribution in [0.1, 0.15) is 4.88 Å². The fourth-order valence-corrected chi connectivity index (χ4v) is 2.59. The maximum absolute atomic E-state index is 5.76. The van der Waals surface area contributed by atoms with E-state index in [1.165, 1.54) is 11.3 Å². The summed E-state index contributed by atoms with van der Waals surface area (Å²) in [5.41, 5.74) is 5.47. The molecule has 2 aromatic heterocycles. The predicted molar refractivity (Wildman–Crippen MR) is 56.1 cm³/mol. The van der Waals surface area contributed by atoms with Crippen LogP contribution < -0.4 is 5.73 Å². The maximum atomic E-state index is 5.76. The Labute approximate surface area is 88.2 Å². The van der Waals surface area contributed by atoms with Gasteiger partial charge >= 0.3 is 0 Å². The lowest BCUT2D eigenvalue weighted by molar-refractivity contribution is 1.10. The molecule has 2 heterocycles. The first-order valence-corrected chi connectivity index (χ1v) is 5.57. The molecule has 0 aliphatic heterocycles. The molecule has 0 amide bonds. The second-order valence-electron chi connectivity index (χ2n) is 2.31. The molecule has 0 fully saturated rings. The lowest BCUT2D eigenvalue weighted by Crippen LogP contribution is -1.91. The molecule has 0 saturated carbocycles. The van der Waals surface area contributed by atoms with Crippen LogP contribution >= 0.6 is 34.3 Å². The largest absolute Gasteiger partial charge is 0.326 e. The summed E-state index contributed by atoms with van der Waals surface area (Å²) in [5, 5.41) is 1.74. The summed E-state index contributed by atoms with van der Waals surface area (Å²) in [5.74, 6) is 0. The molecule has 0 atom stereocenters. The van der Waals surface area contributed by atoms with Crippen molar-refractivity contribution in [1.82, 2.24) is 9.97 Å². The number of nitrogens with two attached hydrogens (primary N) is 1. The highest BCUT2D eigenvalue weighted by atomic mass is 35.5. The van der Waals surface area contributed by atoms with Crippen molar-refractivity contribution in [2.24, 2.45) is 5.73 Å². The Morgan fingerprint density at radius 3 is 2.46 bits per heavy atom. The minimum Gasteiger partial charge on any atom is -0.326 e. The number of halogens is 1. The van der Waals surface area contributed by atoms with E-state index in [1.807, 2.05) is 0 Å². The first-order valence-electron chi connectivity index (χ1n) is 3.56. The molecule has 0 saturated heterocycles. The highest BCUT2D eigenvalue weighted by Gasteiger charge is 2.07. The van der Waals surface area contributed by atoms with Crippen molar-refractivity contribution in [2.75, 3.05) is 0 Å². The third-order valence-corrected chi connectivity index (χ3v) is 3.69. The third kappa shape index (κ3) is 1.88. The summed E-state index contributed by atoms with van der Waals surface area (Å²) in [6.07, 6.45) is 3.40. The quantitative estimate of drug-likeness (QED) is 0.864. The van der Waals surface area contributed by atoms with Gasteiger partial charge in [-0.05, 0) is 0 Å². The van der Waals surface area contributed by atoms with Gasteiger partial charge in [0.05, 0.1) is 6.20 Å². The number of hydrogen-bond donors (Lipinski definition) is 1. The van der Waals surface area contributed by atoms with Gasteiger partial charge in [0, 0.05) is 17.6 Å². The van der Waals surface area contributed by atoms with E-state index in [-0.39, 0.29) is 0 Å². The molecule has 0 radical (unpaired) electrons. The van der Waals surface area contributed by atoms with Crippen LogP contribution in [0.2, 0.25) is 4.34 Å². The molecule has 0 aliphatic rings. The van der Waals surface area contributed by atoms with Crippen LogP contribution in [-0.2, 0) is 6.54 Å². The van der Waals surface area contributed by atoms with Gasteiger partial charge in [-0.2, -0.15) is 0 Å². The van der Waals surface area contributed by atoms with Crippen LogP contribution in [-0.4, -0.2) is 9.97 Å². The van der Waals surface area contributed by atoms with Gasteiger partial charge in [-0.3, -0.25) is 0 Å². The highest BCUT2D eigenvalue weighted by molar-refractivity contribution is 7.23. The average molecular weight is 232 g/mol. The Balaban J connectivity index is 2.35. The molecule has 0 aromatic carbocycles. The number of nitrogens with zero attached hydrogens (tertiary/aromatic N) is 2. The number of hydrogen-bond acceptors (Lipinski definition) is 5. The van der Waals surface area contributed by atoms with E-state index in [9.17, 15) is 0 Å². The Hall–Kier alpha value is -0.490. The van der Waals surface area contributed by atoms with Crippen LogP contribution in [0.4, 0.5) is 0 Å². The first-order chi connectivity index (χ1) is 6.29. The number of rotatable bonds is 2. The van der Waals surface area contributed by atoms with Gasteiger partial charge in [0.15, 0.2) is 10.0 Å². The normalized spacial score (nSPS) is 10.6. The van der Waals surface area contributed by atoms with Crippen molar-refractivity contribution in [3.8, 4) is 10.0 Å². The fourth-order valence-electron chi connectivity index (χ4n) is 0.854. The van der Waals surface area contributed by atoms with Gasteiger partial charge in [0.25, 0.3) is 0 Å². The predicted octanol–water partition coefficient (Wildman–Crippen LogP) is 2.38. The lowest BCUT2D eigenvalue weighted by Gasteiger charge is -1.84. The molecule has 13 heavy (non-hydrogen) atoms. The maximum Gasteiger partial charge on any atom is 0.153 e. The molecule has 2 rings (SSSR count). The summed E-state index contributed by atoms with van der Waals surface area (Å²) >= 11 is 8.74. The summed E-state index contributed by atoms with van der Waals surface area (Å²) in [7, 11) is 0. The van der Waals surface area contributed by atoms with Crippen LogP contribution in [0.25, 0.3) is 10.0 Å². The summed E-state index contributed by atoms with van der Waals surface area (Å²) in [6.45, 7) is 0.525. The van der Waals surface area contributed by atoms with Crippen molar-refractivity contribution in [3.05, 3.63) is 21.6 Å². The standard InChI is InChI=1S/C7H6ClN3S2/c8-5-3-11-7(13-5)6-10-2-4(1-9)12-6/h2-3H,1,9H2. The molecule has 3 nitrogen and oxygen atoms in total. The van der Waals surface area contributed by atoms with Gasteiger partial charge in [-0.15, -0.1) is 11.3 Å². The molecular weight excluding hydrogens is 226 g/mol.